The van der Waals surface area contributed by atoms with E-state index in [1.54, 1.807) is 7.11 Å². The summed E-state index contributed by atoms with van der Waals surface area (Å²) in [6.07, 6.45) is 2.17. The highest BCUT2D eigenvalue weighted by Gasteiger charge is 2.58. The van der Waals surface area contributed by atoms with E-state index in [0.29, 0.717) is 5.92 Å². The predicted molar refractivity (Wildman–Crippen MR) is 87.0 cm³/mol. The summed E-state index contributed by atoms with van der Waals surface area (Å²) in [5.74, 6) is 0.308. The molecule has 2 rings (SSSR count). The fourth-order valence-electron chi connectivity index (χ4n) is 4.12. The second-order valence-corrected chi connectivity index (χ2v) is 6.34. The van der Waals surface area contributed by atoms with Gasteiger partial charge in [-0.1, -0.05) is 20.8 Å². The number of ether oxygens (including phenoxy) is 1. The van der Waals surface area contributed by atoms with Gasteiger partial charge in [0.1, 0.15) is 0 Å². The Morgan fingerprint density at radius 2 is 2.00 bits per heavy atom. The largest absolute Gasteiger partial charge is 0.380 e. The zero-order valence-electron chi connectivity index (χ0n) is 14.4. The maximum absolute atomic E-state index is 12.4. The first-order valence-electron chi connectivity index (χ1n) is 8.03. The summed E-state index contributed by atoms with van der Waals surface area (Å²) in [7, 11) is 1.76. The zero-order chi connectivity index (χ0) is 16.5. The van der Waals surface area contributed by atoms with Crippen LogP contribution in [0.2, 0.25) is 0 Å². The van der Waals surface area contributed by atoms with E-state index in [1.165, 1.54) is 0 Å². The summed E-state index contributed by atoms with van der Waals surface area (Å²) in [5.41, 5.74) is 2.43. The summed E-state index contributed by atoms with van der Waals surface area (Å²) >= 11 is 0. The fraction of sp³-hybridized carbons (Fsp3) is 0.750. The lowest BCUT2D eigenvalue weighted by Gasteiger charge is -2.59. The Labute approximate surface area is 132 Å². The lowest BCUT2D eigenvalue weighted by molar-refractivity contribution is -0.163. The van der Waals surface area contributed by atoms with Crippen molar-refractivity contribution in [1.29, 1.82) is 0 Å². The summed E-state index contributed by atoms with van der Waals surface area (Å²) < 4.78 is 5.67. The molecule has 1 saturated carbocycles. The first kappa shape index (κ1) is 16.8. The van der Waals surface area contributed by atoms with E-state index >= 15 is 0 Å². The molecule has 1 heterocycles. The van der Waals surface area contributed by atoms with Crippen LogP contribution in [0.3, 0.4) is 0 Å². The highest BCUT2D eigenvalue weighted by molar-refractivity contribution is 5.90. The normalized spacial score (nSPS) is 26.4. The van der Waals surface area contributed by atoms with Gasteiger partial charge in [0.25, 0.3) is 0 Å². The van der Waals surface area contributed by atoms with Crippen LogP contribution in [0.5, 0.6) is 0 Å². The van der Waals surface area contributed by atoms with Gasteiger partial charge >= 0.3 is 6.03 Å². The summed E-state index contributed by atoms with van der Waals surface area (Å²) in [4.78, 5) is 12.4. The molecule has 0 aliphatic heterocycles. The van der Waals surface area contributed by atoms with Crippen molar-refractivity contribution in [3.05, 3.63) is 11.4 Å². The standard InChI is InChI=1S/C16H28N4O2/c1-7-16(8-2)13(9(3)14(16)22-6)18-15(21)17-12-10(4)19-20-11(12)5/h9,13-14H,7-8H2,1-6H3,(H,19,20)(H2,17,18,21)/t9-,13-,14+/m1/s1. The molecular formula is C16H28N4O2. The van der Waals surface area contributed by atoms with Crippen molar-refractivity contribution in [2.24, 2.45) is 11.3 Å². The van der Waals surface area contributed by atoms with Crippen LogP contribution in [0.1, 0.15) is 45.0 Å². The van der Waals surface area contributed by atoms with Gasteiger partial charge < -0.3 is 15.4 Å². The van der Waals surface area contributed by atoms with Crippen LogP contribution < -0.4 is 10.6 Å². The minimum Gasteiger partial charge on any atom is -0.380 e. The van der Waals surface area contributed by atoms with Gasteiger partial charge in [-0.25, -0.2) is 4.79 Å². The smallest absolute Gasteiger partial charge is 0.319 e. The number of aromatic amines is 1. The third-order valence-electron chi connectivity index (χ3n) is 5.41. The number of H-pyrrole nitrogens is 1. The number of hydrogen-bond acceptors (Lipinski definition) is 3. The van der Waals surface area contributed by atoms with Crippen LogP contribution in [0.15, 0.2) is 0 Å². The summed E-state index contributed by atoms with van der Waals surface area (Å²) in [5, 5.41) is 13.0. The number of amides is 2. The molecule has 0 saturated heterocycles. The van der Waals surface area contributed by atoms with Crippen molar-refractivity contribution in [2.45, 2.75) is 59.6 Å². The maximum Gasteiger partial charge on any atom is 0.319 e. The van der Waals surface area contributed by atoms with E-state index in [0.717, 1.165) is 29.9 Å². The van der Waals surface area contributed by atoms with E-state index in [-0.39, 0.29) is 23.6 Å². The lowest BCUT2D eigenvalue weighted by Crippen LogP contribution is -2.70. The van der Waals surface area contributed by atoms with E-state index in [2.05, 4.69) is 41.6 Å². The first-order valence-corrected chi connectivity index (χ1v) is 8.03. The van der Waals surface area contributed by atoms with Crippen molar-refractivity contribution < 1.29 is 9.53 Å². The van der Waals surface area contributed by atoms with Gasteiger partial charge in [-0.05, 0) is 26.7 Å². The van der Waals surface area contributed by atoms with Gasteiger partial charge in [0.2, 0.25) is 0 Å². The molecule has 124 valence electrons. The number of urea groups is 1. The molecule has 1 aliphatic carbocycles. The fourth-order valence-corrected chi connectivity index (χ4v) is 4.12. The molecule has 3 N–H and O–H groups in total. The third-order valence-corrected chi connectivity index (χ3v) is 5.41. The molecule has 6 heteroatoms. The second kappa shape index (κ2) is 6.28. The molecule has 0 spiro atoms. The molecule has 0 unspecified atom stereocenters. The Morgan fingerprint density at radius 1 is 1.36 bits per heavy atom. The third kappa shape index (κ3) is 2.49. The maximum atomic E-state index is 12.4. The van der Waals surface area contributed by atoms with Crippen molar-refractivity contribution in [3.63, 3.8) is 0 Å². The van der Waals surface area contributed by atoms with E-state index in [4.69, 9.17) is 4.74 Å². The molecule has 1 aromatic heterocycles. The van der Waals surface area contributed by atoms with Crippen LogP contribution in [0, 0.1) is 25.2 Å². The molecule has 22 heavy (non-hydrogen) atoms. The Balaban J connectivity index is 2.08. The molecular weight excluding hydrogens is 280 g/mol. The molecule has 1 aliphatic rings. The van der Waals surface area contributed by atoms with Crippen LogP contribution in [0.25, 0.3) is 0 Å². The lowest BCUT2D eigenvalue weighted by atomic mass is 9.53. The molecule has 0 aromatic carbocycles. The average molecular weight is 308 g/mol. The van der Waals surface area contributed by atoms with Crippen LogP contribution in [-0.2, 0) is 4.74 Å². The topological polar surface area (TPSA) is 79.0 Å². The number of hydrogen-bond donors (Lipinski definition) is 3. The molecule has 2 amide bonds. The highest BCUT2D eigenvalue weighted by atomic mass is 16.5. The van der Waals surface area contributed by atoms with Crippen LogP contribution in [-0.4, -0.2) is 35.5 Å². The Hall–Kier alpha value is -1.56. The van der Waals surface area contributed by atoms with Crippen molar-refractivity contribution in [2.75, 3.05) is 12.4 Å². The summed E-state index contributed by atoms with van der Waals surface area (Å²) in [6.45, 7) is 10.2. The van der Waals surface area contributed by atoms with E-state index in [9.17, 15) is 4.79 Å². The number of nitrogens with one attached hydrogen (secondary N) is 3. The number of carbonyl (C=O) groups is 1. The molecule has 1 aromatic rings. The second-order valence-electron chi connectivity index (χ2n) is 6.34. The highest BCUT2D eigenvalue weighted by Crippen LogP contribution is 2.52. The van der Waals surface area contributed by atoms with Crippen LogP contribution >= 0.6 is 0 Å². The number of aryl methyl sites for hydroxylation is 2. The molecule has 0 radical (unpaired) electrons. The van der Waals surface area contributed by atoms with Gasteiger partial charge in [0.05, 0.1) is 23.2 Å². The molecule has 0 bridgehead atoms. The Kier molecular flexibility index (Phi) is 4.80. The zero-order valence-corrected chi connectivity index (χ0v) is 14.4. The predicted octanol–water partition coefficient (Wildman–Crippen LogP) is 2.99. The minimum atomic E-state index is -0.176. The van der Waals surface area contributed by atoms with Gasteiger partial charge in [-0.15, -0.1) is 0 Å². The number of rotatable bonds is 5. The van der Waals surface area contributed by atoms with E-state index < -0.39 is 0 Å². The van der Waals surface area contributed by atoms with Gasteiger partial charge in [0.15, 0.2) is 0 Å². The molecule has 6 nitrogen and oxygen atoms in total. The number of anilines is 1. The van der Waals surface area contributed by atoms with Crippen LogP contribution in [0.4, 0.5) is 10.5 Å². The van der Waals surface area contributed by atoms with Gasteiger partial charge in [0, 0.05) is 24.5 Å². The summed E-state index contributed by atoms with van der Waals surface area (Å²) in [6, 6.07) is -0.0507. The quantitative estimate of drug-likeness (QED) is 0.782. The average Bonchev–Trinajstić information content (AvgIpc) is 2.81. The Morgan fingerprint density at radius 3 is 2.45 bits per heavy atom. The Bertz CT molecular complexity index is 517. The van der Waals surface area contributed by atoms with Crippen molar-refractivity contribution in [1.82, 2.24) is 15.5 Å². The minimum absolute atomic E-state index is 0.0198. The molecule has 1 fully saturated rings. The monoisotopic (exact) mass is 308 g/mol. The number of aromatic nitrogens is 2. The van der Waals surface area contributed by atoms with Crippen molar-refractivity contribution in [3.8, 4) is 0 Å². The number of methoxy groups -OCH3 is 1. The van der Waals surface area contributed by atoms with Gasteiger partial charge in [-0.3, -0.25) is 5.10 Å². The first-order chi connectivity index (χ1) is 10.4. The molecule has 3 atom stereocenters. The SMILES string of the molecule is CCC1(CC)[C@H](NC(=O)Nc2c(C)n[nH]c2C)[C@@H](C)[C@@H]1OC. The van der Waals surface area contributed by atoms with E-state index in [1.807, 2.05) is 13.8 Å². The number of nitrogens with zero attached hydrogens (tertiary/aromatic N) is 1. The number of carbonyl (C=O) groups excluding carboxylic acids is 1. The van der Waals surface area contributed by atoms with Crippen molar-refractivity contribution >= 4 is 11.7 Å². The van der Waals surface area contributed by atoms with Gasteiger partial charge in [-0.2, -0.15) is 5.10 Å².